The first-order valence-electron chi connectivity index (χ1n) is 17.6. The Kier molecular flexibility index (Phi) is 46.7. The van der Waals surface area contributed by atoms with Crippen LogP contribution in [0.25, 0.3) is 0 Å². The van der Waals surface area contributed by atoms with Gasteiger partial charge in [-0.05, 0) is 59.3 Å². The van der Waals surface area contributed by atoms with Crippen LogP contribution in [0.4, 0.5) is 0 Å². The summed E-state index contributed by atoms with van der Waals surface area (Å²) in [6.45, 7) is 21.5. The molecule has 0 spiro atoms. The Morgan fingerprint density at radius 2 is 0.561 bits per heavy atom. The van der Waals surface area contributed by atoms with Crippen molar-refractivity contribution >= 4 is 7.82 Å². The van der Waals surface area contributed by atoms with Crippen LogP contribution in [0, 0.1) is 0 Å². The molecule has 0 radical (unpaired) electrons. The van der Waals surface area contributed by atoms with E-state index >= 15 is 0 Å². The maximum atomic E-state index is 8.55. The van der Waals surface area contributed by atoms with Crippen LogP contribution in [0.3, 0.4) is 0 Å². The Morgan fingerprint density at radius 3 is 0.732 bits per heavy atom. The lowest BCUT2D eigenvalue weighted by atomic mass is 10.1. The van der Waals surface area contributed by atoms with Crippen molar-refractivity contribution in [1.82, 2.24) is 0 Å². The van der Waals surface area contributed by atoms with Crippen molar-refractivity contribution in [1.29, 1.82) is 0 Å². The second-order valence-corrected chi connectivity index (χ2v) is 12.8. The molecule has 3 atom stereocenters. The Morgan fingerprint density at radius 1 is 0.390 bits per heavy atom. The van der Waals surface area contributed by atoms with Crippen LogP contribution in [-0.4, -0.2) is 60.4 Å². The lowest BCUT2D eigenvalue weighted by molar-refractivity contribution is -0.877. The molecule has 0 heterocycles. The molecule has 254 valence electrons. The van der Waals surface area contributed by atoms with E-state index in [2.05, 4.69) is 62.7 Å². The molecule has 0 bridgehead atoms. The molecule has 0 aromatic rings. The molecule has 0 amide bonds. The number of hydrogen-bond acceptors (Lipinski definition) is 4. The molecular formula is C33H78N3O4P. The normalized spacial score (nSPS) is 13.1. The van der Waals surface area contributed by atoms with Gasteiger partial charge >= 0.3 is 0 Å². The molecule has 41 heavy (non-hydrogen) atoms. The van der Waals surface area contributed by atoms with E-state index in [-0.39, 0.29) is 0 Å². The number of phosphoric acid groups is 1. The van der Waals surface area contributed by atoms with E-state index in [9.17, 15) is 0 Å². The number of hydrogen-bond donors (Lipinski definition) is 3. The predicted octanol–water partition coefficient (Wildman–Crippen LogP) is 2.82. The largest absolute Gasteiger partial charge is 0.822 e. The average molecular weight is 612 g/mol. The van der Waals surface area contributed by atoms with Crippen LogP contribution in [0.15, 0.2) is 0 Å². The van der Waals surface area contributed by atoms with Gasteiger partial charge in [0, 0.05) is 0 Å². The van der Waals surface area contributed by atoms with Gasteiger partial charge in [0.25, 0.3) is 0 Å². The minimum atomic E-state index is -5.39. The third kappa shape index (κ3) is 64.2. The van der Waals surface area contributed by atoms with Crippen molar-refractivity contribution in [2.24, 2.45) is 0 Å². The molecule has 0 aliphatic carbocycles. The predicted molar refractivity (Wildman–Crippen MR) is 175 cm³/mol. The summed E-state index contributed by atoms with van der Waals surface area (Å²) in [6.07, 6.45) is 25.6. The van der Waals surface area contributed by atoms with E-state index in [0.717, 1.165) is 0 Å². The fourth-order valence-electron chi connectivity index (χ4n) is 4.15. The number of quaternary nitrogens is 3. The molecule has 8 heteroatoms. The molecule has 7 nitrogen and oxygen atoms in total. The summed E-state index contributed by atoms with van der Waals surface area (Å²) in [5.41, 5.74) is 0. The van der Waals surface area contributed by atoms with E-state index < -0.39 is 7.82 Å². The van der Waals surface area contributed by atoms with Gasteiger partial charge in [0.05, 0.1) is 60.4 Å². The molecule has 3 N–H and O–H groups in total. The molecule has 0 aliphatic rings. The molecular weight excluding hydrogens is 533 g/mol. The van der Waals surface area contributed by atoms with Crippen molar-refractivity contribution in [3.63, 3.8) is 0 Å². The highest BCUT2D eigenvalue weighted by Crippen LogP contribution is 2.05. The standard InChI is InChI=1S/3C11H25N.H3O4P/c3*1-4-6-7-8-9-10-11-12(3)5-2;1-5(2,3)4/h3*4-11H2,1-3H3;(H3,1,2,3,4). The maximum absolute atomic E-state index is 8.55. The Labute approximate surface area is 259 Å². The van der Waals surface area contributed by atoms with Crippen LogP contribution >= 0.6 is 7.82 Å². The molecule has 0 fully saturated rings. The summed E-state index contributed by atoms with van der Waals surface area (Å²) in [7, 11) is 1.46. The van der Waals surface area contributed by atoms with E-state index in [4.69, 9.17) is 19.2 Å². The van der Waals surface area contributed by atoms with Crippen molar-refractivity contribution in [3.05, 3.63) is 0 Å². The van der Waals surface area contributed by atoms with Gasteiger partial charge in [0.15, 0.2) is 0 Å². The molecule has 0 aromatic heterocycles. The molecule has 0 saturated carbocycles. The zero-order chi connectivity index (χ0) is 32.2. The first kappa shape index (κ1) is 47.9. The van der Waals surface area contributed by atoms with Crippen molar-refractivity contribution < 1.29 is 33.9 Å². The molecule has 3 unspecified atom stereocenters. The van der Waals surface area contributed by atoms with Gasteiger partial charge in [0.1, 0.15) is 0 Å². The van der Waals surface area contributed by atoms with Gasteiger partial charge in [0.2, 0.25) is 0 Å². The SMILES string of the molecule is CCCCCCCC[NH+](C)CC.CCCCCCCC[NH+](C)CC.CCCCCCCC[NH+](C)CC.O=P([O-])([O-])[O-]. The fraction of sp³-hybridized carbons (Fsp3) is 1.00. The Hall–Kier alpha value is -0.0100. The van der Waals surface area contributed by atoms with Crippen LogP contribution in [0.2, 0.25) is 0 Å². The Balaban J connectivity index is -0.000000231. The van der Waals surface area contributed by atoms with Crippen molar-refractivity contribution in [2.75, 3.05) is 60.4 Å². The quantitative estimate of drug-likeness (QED) is 0.116. The summed E-state index contributed by atoms with van der Waals surface area (Å²) >= 11 is 0. The van der Waals surface area contributed by atoms with Gasteiger partial charge in [-0.2, -0.15) is 7.82 Å². The highest BCUT2D eigenvalue weighted by Gasteiger charge is 1.98. The van der Waals surface area contributed by atoms with Gasteiger partial charge in [-0.3, -0.25) is 0 Å². The lowest BCUT2D eigenvalue weighted by Gasteiger charge is -2.36. The fourth-order valence-corrected chi connectivity index (χ4v) is 4.15. The Bertz CT molecular complexity index is 435. The molecule has 0 aromatic carbocycles. The third-order valence-electron chi connectivity index (χ3n) is 7.68. The van der Waals surface area contributed by atoms with E-state index in [1.807, 2.05) is 0 Å². The molecule has 0 aliphatic heterocycles. The maximum Gasteiger partial charge on any atom is 0.0768 e. The molecule has 0 rings (SSSR count). The topological polar surface area (TPSA) is 99.6 Å². The van der Waals surface area contributed by atoms with Gasteiger partial charge in [-0.25, -0.2) is 0 Å². The second-order valence-electron chi connectivity index (χ2n) is 11.9. The van der Waals surface area contributed by atoms with Crippen molar-refractivity contribution in [3.8, 4) is 0 Å². The summed E-state index contributed by atoms with van der Waals surface area (Å²) < 4.78 is 8.55. The minimum Gasteiger partial charge on any atom is -0.822 e. The van der Waals surface area contributed by atoms with Gasteiger partial charge in [-0.1, -0.05) is 97.8 Å². The second kappa shape index (κ2) is 40.0. The minimum absolute atomic E-state index is 1.27. The summed E-state index contributed by atoms with van der Waals surface area (Å²) in [5, 5.41) is 0. The van der Waals surface area contributed by atoms with Crippen LogP contribution in [0.1, 0.15) is 157 Å². The number of nitrogens with one attached hydrogen (secondary N) is 3. The van der Waals surface area contributed by atoms with Gasteiger partial charge in [-0.15, -0.1) is 0 Å². The number of rotatable bonds is 24. The monoisotopic (exact) mass is 612 g/mol. The first-order valence-corrected chi connectivity index (χ1v) is 19.1. The average Bonchev–Trinajstić information content (AvgIpc) is 2.93. The zero-order valence-electron chi connectivity index (χ0n) is 29.6. The van der Waals surface area contributed by atoms with Crippen LogP contribution < -0.4 is 29.4 Å². The van der Waals surface area contributed by atoms with Crippen LogP contribution in [0.5, 0.6) is 0 Å². The summed E-state index contributed by atoms with van der Waals surface area (Å²) in [4.78, 5) is 30.7. The van der Waals surface area contributed by atoms with Crippen LogP contribution in [-0.2, 0) is 4.57 Å². The highest BCUT2D eigenvalue weighted by molar-refractivity contribution is 7.40. The molecule has 0 saturated heterocycles. The van der Waals surface area contributed by atoms with Crippen molar-refractivity contribution in [2.45, 2.75) is 157 Å². The van der Waals surface area contributed by atoms with Gasteiger partial charge < -0.3 is 33.9 Å². The van der Waals surface area contributed by atoms with E-state index in [1.54, 1.807) is 14.7 Å². The zero-order valence-corrected chi connectivity index (χ0v) is 30.4. The van der Waals surface area contributed by atoms with E-state index in [0.29, 0.717) is 0 Å². The summed E-state index contributed by atoms with van der Waals surface area (Å²) in [5.74, 6) is 0. The summed E-state index contributed by atoms with van der Waals surface area (Å²) in [6, 6.07) is 0. The third-order valence-corrected chi connectivity index (χ3v) is 7.68. The lowest BCUT2D eigenvalue weighted by Crippen LogP contribution is -3.08. The smallest absolute Gasteiger partial charge is 0.0768 e. The number of unbranched alkanes of at least 4 members (excludes halogenated alkanes) is 15. The highest BCUT2D eigenvalue weighted by atomic mass is 31.2. The van der Waals surface area contributed by atoms with E-state index in [1.165, 1.54) is 155 Å². The first-order chi connectivity index (χ1) is 19.4.